The molecule has 0 bridgehead atoms. The average Bonchev–Trinajstić information content (AvgIpc) is 3.40. The quantitative estimate of drug-likeness (QED) is 0.580. The van der Waals surface area contributed by atoms with Gasteiger partial charge in [-0.15, -0.1) is 5.10 Å². The van der Waals surface area contributed by atoms with Crippen molar-refractivity contribution in [3.05, 3.63) is 72.9 Å². The lowest BCUT2D eigenvalue weighted by Crippen LogP contribution is -2.07. The Morgan fingerprint density at radius 2 is 1.82 bits per heavy atom. The second-order valence-electron chi connectivity index (χ2n) is 6.45. The van der Waals surface area contributed by atoms with E-state index < -0.39 is 0 Å². The van der Waals surface area contributed by atoms with E-state index in [2.05, 4.69) is 32.6 Å². The third kappa shape index (κ3) is 3.66. The molecule has 0 aliphatic heterocycles. The van der Waals surface area contributed by atoms with Crippen LogP contribution in [0, 0.1) is 0 Å². The fraction of sp³-hybridized carbons (Fsp3) is 0.150. The van der Waals surface area contributed by atoms with Crippen LogP contribution in [0.5, 0.6) is 0 Å². The number of aromatic nitrogens is 6. The summed E-state index contributed by atoms with van der Waals surface area (Å²) in [6.45, 7) is 3.56. The number of nitrogens with zero attached hydrogens (tertiary/aromatic N) is 6. The number of amides is 1. The van der Waals surface area contributed by atoms with Gasteiger partial charge in [0.2, 0.25) is 5.91 Å². The Labute approximate surface area is 161 Å². The Morgan fingerprint density at radius 1 is 1.07 bits per heavy atom. The highest BCUT2D eigenvalue weighted by atomic mass is 16.1. The van der Waals surface area contributed by atoms with E-state index in [1.165, 1.54) is 13.3 Å². The number of carbonyl (C=O) groups is 1. The van der Waals surface area contributed by atoms with Crippen LogP contribution >= 0.6 is 0 Å². The lowest BCUT2D eigenvalue weighted by molar-refractivity contribution is -0.114. The van der Waals surface area contributed by atoms with E-state index in [1.54, 1.807) is 11.0 Å². The van der Waals surface area contributed by atoms with Crippen molar-refractivity contribution in [2.24, 2.45) is 0 Å². The third-order valence-corrected chi connectivity index (χ3v) is 4.47. The average molecular weight is 373 g/mol. The summed E-state index contributed by atoms with van der Waals surface area (Å²) in [5.74, 6) is -0.0950. The van der Waals surface area contributed by atoms with Crippen LogP contribution in [0.4, 0.5) is 5.69 Å². The Balaban J connectivity index is 1.51. The molecule has 1 N–H and O–H groups in total. The topological polar surface area (TPSA) is 90.5 Å². The number of rotatable bonds is 5. The van der Waals surface area contributed by atoms with Crippen molar-refractivity contribution in [2.45, 2.75) is 19.9 Å². The third-order valence-electron chi connectivity index (χ3n) is 4.47. The second kappa shape index (κ2) is 7.43. The molecule has 1 amide bonds. The lowest BCUT2D eigenvalue weighted by Gasteiger charge is -2.12. The molecular weight excluding hydrogens is 354 g/mol. The van der Waals surface area contributed by atoms with Crippen LogP contribution in [-0.2, 0) is 4.79 Å². The lowest BCUT2D eigenvalue weighted by atomic mass is 10.1. The van der Waals surface area contributed by atoms with Crippen LogP contribution in [0.25, 0.3) is 16.9 Å². The highest BCUT2D eigenvalue weighted by Gasteiger charge is 2.12. The van der Waals surface area contributed by atoms with Gasteiger partial charge in [0.25, 0.3) is 0 Å². The maximum absolute atomic E-state index is 11.1. The normalized spacial score (nSPS) is 11.9. The van der Waals surface area contributed by atoms with Gasteiger partial charge in [-0.25, -0.2) is 14.3 Å². The summed E-state index contributed by atoms with van der Waals surface area (Å²) in [7, 11) is 0. The van der Waals surface area contributed by atoms with Crippen molar-refractivity contribution in [3.63, 3.8) is 0 Å². The molecule has 0 saturated heterocycles. The maximum atomic E-state index is 11.1. The van der Waals surface area contributed by atoms with Gasteiger partial charge in [0.05, 0.1) is 17.9 Å². The van der Waals surface area contributed by atoms with E-state index in [1.807, 2.05) is 59.4 Å². The predicted molar refractivity (Wildman–Crippen MR) is 105 cm³/mol. The van der Waals surface area contributed by atoms with E-state index in [9.17, 15) is 4.79 Å². The predicted octanol–water partition coefficient (Wildman–Crippen LogP) is 3.09. The van der Waals surface area contributed by atoms with Crippen molar-refractivity contribution in [1.82, 2.24) is 29.8 Å². The molecule has 2 aromatic heterocycles. The van der Waals surface area contributed by atoms with Crippen LogP contribution in [0.1, 0.15) is 25.5 Å². The van der Waals surface area contributed by atoms with E-state index in [-0.39, 0.29) is 11.9 Å². The van der Waals surface area contributed by atoms with Gasteiger partial charge >= 0.3 is 0 Å². The van der Waals surface area contributed by atoms with Gasteiger partial charge < -0.3 is 5.32 Å². The zero-order chi connectivity index (χ0) is 19.5. The molecule has 2 aromatic carbocycles. The molecule has 0 aliphatic rings. The number of hydrogen-bond acceptors (Lipinski definition) is 5. The van der Waals surface area contributed by atoms with Gasteiger partial charge in [0.1, 0.15) is 18.3 Å². The molecular formula is C20H19N7O. The van der Waals surface area contributed by atoms with Crippen molar-refractivity contribution in [2.75, 3.05) is 5.32 Å². The van der Waals surface area contributed by atoms with E-state index >= 15 is 0 Å². The van der Waals surface area contributed by atoms with Crippen LogP contribution in [0.2, 0.25) is 0 Å². The molecule has 4 rings (SSSR count). The number of hydrogen-bond donors (Lipinski definition) is 1. The Hall–Kier alpha value is -3.81. The molecule has 140 valence electrons. The van der Waals surface area contributed by atoms with Crippen LogP contribution in [-0.4, -0.2) is 35.7 Å². The van der Waals surface area contributed by atoms with Gasteiger partial charge in [-0.3, -0.25) is 4.79 Å². The minimum Gasteiger partial charge on any atom is -0.326 e. The molecule has 0 fully saturated rings. The number of nitrogens with one attached hydrogen (secondary N) is 1. The van der Waals surface area contributed by atoms with Crippen LogP contribution in [0.3, 0.4) is 0 Å². The van der Waals surface area contributed by atoms with Gasteiger partial charge in [-0.1, -0.05) is 29.5 Å². The first-order valence-electron chi connectivity index (χ1n) is 8.85. The molecule has 28 heavy (non-hydrogen) atoms. The Morgan fingerprint density at radius 3 is 2.46 bits per heavy atom. The number of carbonyl (C=O) groups excluding carboxylic acids is 1. The Bertz CT molecular complexity index is 1070. The highest BCUT2D eigenvalue weighted by molar-refractivity contribution is 5.88. The molecule has 0 saturated carbocycles. The Kier molecular flexibility index (Phi) is 4.67. The molecule has 8 nitrogen and oxygen atoms in total. The van der Waals surface area contributed by atoms with Crippen molar-refractivity contribution >= 4 is 11.6 Å². The minimum atomic E-state index is -0.0950. The standard InChI is InChI=1S/C20H19N7O/c1-14(16-5-9-19(10-6-16)27-13-21-12-22-27)26-11-20(24-25-26)17-3-7-18(8-4-17)23-15(2)28/h3-14H,1-2H3,(H,23,28)/t14-/m0/s1. The molecule has 0 unspecified atom stereocenters. The SMILES string of the molecule is CC(=O)Nc1ccc(-c2cn([C@@H](C)c3ccc(-n4cncn4)cc3)nn2)cc1. The second-order valence-corrected chi connectivity index (χ2v) is 6.45. The summed E-state index contributed by atoms with van der Waals surface area (Å²) in [4.78, 5) is 15.1. The molecule has 8 heteroatoms. The number of anilines is 1. The van der Waals surface area contributed by atoms with Crippen molar-refractivity contribution < 1.29 is 4.79 Å². The molecule has 4 aromatic rings. The minimum absolute atomic E-state index is 0.0321. The highest BCUT2D eigenvalue weighted by Crippen LogP contribution is 2.23. The molecule has 0 radical (unpaired) electrons. The molecule has 0 spiro atoms. The largest absolute Gasteiger partial charge is 0.326 e. The van der Waals surface area contributed by atoms with Gasteiger partial charge in [-0.2, -0.15) is 5.10 Å². The van der Waals surface area contributed by atoms with E-state index in [0.717, 1.165) is 28.2 Å². The van der Waals surface area contributed by atoms with Crippen LogP contribution < -0.4 is 5.32 Å². The summed E-state index contributed by atoms with van der Waals surface area (Å²) in [5, 5.41) is 15.5. The summed E-state index contributed by atoms with van der Waals surface area (Å²) >= 11 is 0. The smallest absolute Gasteiger partial charge is 0.221 e. The first-order chi connectivity index (χ1) is 13.6. The maximum Gasteiger partial charge on any atom is 0.221 e. The number of benzene rings is 2. The van der Waals surface area contributed by atoms with Crippen LogP contribution in [0.15, 0.2) is 67.4 Å². The zero-order valence-corrected chi connectivity index (χ0v) is 15.5. The zero-order valence-electron chi connectivity index (χ0n) is 15.5. The van der Waals surface area contributed by atoms with E-state index in [4.69, 9.17) is 0 Å². The first-order valence-corrected chi connectivity index (χ1v) is 8.85. The summed E-state index contributed by atoms with van der Waals surface area (Å²) in [5.41, 5.74) is 4.53. The fourth-order valence-electron chi connectivity index (χ4n) is 2.93. The molecule has 0 aliphatic carbocycles. The first kappa shape index (κ1) is 17.6. The molecule has 2 heterocycles. The van der Waals surface area contributed by atoms with Gasteiger partial charge in [-0.05, 0) is 36.8 Å². The summed E-state index contributed by atoms with van der Waals surface area (Å²) < 4.78 is 3.55. The fourth-order valence-corrected chi connectivity index (χ4v) is 2.93. The van der Waals surface area contributed by atoms with Gasteiger partial charge in [0, 0.05) is 18.2 Å². The monoisotopic (exact) mass is 373 g/mol. The summed E-state index contributed by atoms with van der Waals surface area (Å²) in [6.07, 6.45) is 5.10. The van der Waals surface area contributed by atoms with Gasteiger partial charge in [0.15, 0.2) is 0 Å². The van der Waals surface area contributed by atoms with Crippen molar-refractivity contribution in [1.29, 1.82) is 0 Å². The van der Waals surface area contributed by atoms with E-state index in [0.29, 0.717) is 0 Å². The summed E-state index contributed by atoms with van der Waals surface area (Å²) in [6, 6.07) is 15.7. The molecule has 1 atom stereocenters. The van der Waals surface area contributed by atoms with Crippen molar-refractivity contribution in [3.8, 4) is 16.9 Å².